The molecule has 1 amide bonds. The molecular weight excluding hydrogens is 488 g/mol. The summed E-state index contributed by atoms with van der Waals surface area (Å²) < 4.78 is 0. The molecule has 0 aliphatic rings. The number of amides is 1. The van der Waals surface area contributed by atoms with Crippen molar-refractivity contribution in [3.05, 3.63) is 106 Å². The molecule has 0 spiro atoms. The van der Waals surface area contributed by atoms with Crippen molar-refractivity contribution < 1.29 is 19.2 Å². The number of hydrogen-bond donors (Lipinski definition) is 2. The van der Waals surface area contributed by atoms with E-state index in [0.29, 0.717) is 0 Å². The van der Waals surface area contributed by atoms with Gasteiger partial charge in [-0.25, -0.2) is 0 Å². The van der Waals surface area contributed by atoms with Crippen LogP contribution in [0, 0.1) is 20.8 Å². The second-order valence-corrected chi connectivity index (χ2v) is 10.7. The van der Waals surface area contributed by atoms with Crippen molar-refractivity contribution in [2.45, 2.75) is 64.8 Å². The topological polar surface area (TPSA) is 106 Å². The number of nitrogens with one attached hydrogen (secondary N) is 1. The second kappa shape index (κ2) is 13.8. The van der Waals surface area contributed by atoms with Crippen LogP contribution in [-0.4, -0.2) is 35.3 Å². The van der Waals surface area contributed by atoms with Crippen molar-refractivity contribution in [1.29, 1.82) is 0 Å². The molecule has 0 aromatic heterocycles. The monoisotopic (exact) mass is 526 g/mol. The number of nitrogens with two attached hydrogens (primary N) is 1. The minimum atomic E-state index is -1.36. The number of benzene rings is 3. The average molecular weight is 527 g/mol. The lowest BCUT2D eigenvalue weighted by Gasteiger charge is -2.34. The van der Waals surface area contributed by atoms with Crippen LogP contribution in [0.2, 0.25) is 0 Å². The number of carbonyl (C=O) groups is 4. The summed E-state index contributed by atoms with van der Waals surface area (Å²) in [4.78, 5) is 52.7. The fraction of sp³-hybridized carbons (Fsp3) is 0.333. The van der Waals surface area contributed by atoms with E-state index in [1.54, 1.807) is 0 Å². The van der Waals surface area contributed by atoms with Crippen LogP contribution >= 0.6 is 0 Å². The molecule has 0 unspecified atom stereocenters. The van der Waals surface area contributed by atoms with Crippen molar-refractivity contribution in [3.8, 4) is 0 Å². The molecule has 3 rings (SSSR count). The van der Waals surface area contributed by atoms with E-state index < -0.39 is 11.4 Å². The zero-order valence-electron chi connectivity index (χ0n) is 23.1. The lowest BCUT2D eigenvalue weighted by Crippen LogP contribution is -2.54. The molecule has 39 heavy (non-hydrogen) atoms. The van der Waals surface area contributed by atoms with Gasteiger partial charge in [0.1, 0.15) is 17.3 Å². The predicted molar refractivity (Wildman–Crippen MR) is 153 cm³/mol. The molecule has 0 fully saturated rings. The Labute approximate surface area is 231 Å². The van der Waals surface area contributed by atoms with Crippen LogP contribution in [0.15, 0.2) is 72.8 Å². The Hall–Kier alpha value is -3.90. The van der Waals surface area contributed by atoms with Gasteiger partial charge in [-0.3, -0.25) is 19.2 Å². The molecule has 6 nitrogen and oxygen atoms in total. The van der Waals surface area contributed by atoms with E-state index in [0.717, 1.165) is 33.4 Å². The first kappa shape index (κ1) is 29.7. The molecule has 0 bridgehead atoms. The van der Waals surface area contributed by atoms with E-state index in [9.17, 15) is 19.2 Å². The molecule has 0 heterocycles. The molecule has 0 atom stereocenters. The van der Waals surface area contributed by atoms with Gasteiger partial charge in [0.2, 0.25) is 5.91 Å². The van der Waals surface area contributed by atoms with Crippen LogP contribution in [-0.2, 0) is 38.4 Å². The Kier molecular flexibility index (Phi) is 10.5. The molecule has 0 saturated heterocycles. The molecule has 0 saturated carbocycles. The smallest absolute Gasteiger partial charge is 0.234 e. The van der Waals surface area contributed by atoms with Crippen molar-refractivity contribution in [2.75, 3.05) is 6.54 Å². The van der Waals surface area contributed by atoms with Gasteiger partial charge in [-0.1, -0.05) is 89.5 Å². The third-order valence-electron chi connectivity index (χ3n) is 6.65. The molecule has 6 heteroatoms. The molecular formula is C33H38N2O4. The molecule has 3 N–H and O–H groups in total. The second-order valence-electron chi connectivity index (χ2n) is 10.7. The first-order chi connectivity index (χ1) is 18.6. The highest BCUT2D eigenvalue weighted by Gasteiger charge is 2.38. The van der Waals surface area contributed by atoms with Gasteiger partial charge in [0.05, 0.1) is 12.1 Å². The number of Topliss-reactive ketones (excluding diaryl/α,β-unsaturated/α-hetero) is 3. The third-order valence-corrected chi connectivity index (χ3v) is 6.65. The summed E-state index contributed by atoms with van der Waals surface area (Å²) in [5.74, 6) is -0.996. The first-order valence-electron chi connectivity index (χ1n) is 13.3. The van der Waals surface area contributed by atoms with Gasteiger partial charge in [-0.2, -0.15) is 0 Å². The summed E-state index contributed by atoms with van der Waals surface area (Å²) in [6, 6.07) is 22.9. The highest BCUT2D eigenvalue weighted by Crippen LogP contribution is 2.26. The van der Waals surface area contributed by atoms with Crippen LogP contribution in [0.25, 0.3) is 0 Å². The summed E-state index contributed by atoms with van der Waals surface area (Å²) in [6.45, 7) is 5.54. The standard InChI is InChI=1S/C33H38N2O4/c1-23-7-4-10-26(13-23)16-29(36)19-33(35-32(39)22-34,20-30(37)17-27-11-5-8-24(2)14-27)21-31(38)18-28-12-6-9-25(3)15-28/h4-15H,16-22,34H2,1-3H3,(H,35,39). The van der Waals surface area contributed by atoms with E-state index in [1.807, 2.05) is 93.6 Å². The van der Waals surface area contributed by atoms with Gasteiger partial charge in [-0.05, 0) is 37.5 Å². The fourth-order valence-electron chi connectivity index (χ4n) is 5.14. The van der Waals surface area contributed by atoms with E-state index in [2.05, 4.69) is 5.32 Å². The highest BCUT2D eigenvalue weighted by molar-refractivity contribution is 5.91. The average Bonchev–Trinajstić information content (AvgIpc) is 2.83. The minimum Gasteiger partial charge on any atom is -0.348 e. The number of carbonyl (C=O) groups excluding carboxylic acids is 4. The number of hydrogen-bond acceptors (Lipinski definition) is 5. The van der Waals surface area contributed by atoms with Crippen LogP contribution < -0.4 is 11.1 Å². The van der Waals surface area contributed by atoms with Crippen LogP contribution in [0.1, 0.15) is 52.6 Å². The first-order valence-corrected chi connectivity index (χ1v) is 13.3. The maximum Gasteiger partial charge on any atom is 0.234 e. The predicted octanol–water partition coefficient (Wildman–Crippen LogP) is 4.33. The van der Waals surface area contributed by atoms with Crippen LogP contribution in [0.5, 0.6) is 0 Å². The van der Waals surface area contributed by atoms with Crippen molar-refractivity contribution in [2.24, 2.45) is 5.73 Å². The zero-order chi connectivity index (χ0) is 28.4. The molecule has 204 valence electrons. The third kappa shape index (κ3) is 9.73. The van der Waals surface area contributed by atoms with E-state index in [-0.39, 0.29) is 62.4 Å². The lowest BCUT2D eigenvalue weighted by molar-refractivity contribution is -0.127. The van der Waals surface area contributed by atoms with Gasteiger partial charge < -0.3 is 11.1 Å². The Morgan fingerprint density at radius 1 is 0.615 bits per heavy atom. The van der Waals surface area contributed by atoms with Gasteiger partial charge in [0, 0.05) is 38.5 Å². The van der Waals surface area contributed by atoms with E-state index >= 15 is 0 Å². The van der Waals surface area contributed by atoms with Gasteiger partial charge in [0.25, 0.3) is 0 Å². The maximum atomic E-state index is 13.4. The molecule has 3 aromatic carbocycles. The quantitative estimate of drug-likeness (QED) is 0.325. The minimum absolute atomic E-state index is 0.139. The molecule has 0 aliphatic heterocycles. The number of aryl methyl sites for hydroxylation is 3. The highest BCUT2D eigenvalue weighted by atomic mass is 16.2. The van der Waals surface area contributed by atoms with Crippen LogP contribution in [0.4, 0.5) is 0 Å². The van der Waals surface area contributed by atoms with Crippen molar-refractivity contribution in [3.63, 3.8) is 0 Å². The largest absolute Gasteiger partial charge is 0.348 e. The number of ketones is 3. The SMILES string of the molecule is Cc1cccc(CC(=O)CC(CC(=O)Cc2cccc(C)c2)(CC(=O)Cc2cccc(C)c2)NC(=O)CN)c1. The number of rotatable bonds is 14. The summed E-state index contributed by atoms with van der Waals surface area (Å²) in [7, 11) is 0. The Balaban J connectivity index is 1.90. The van der Waals surface area contributed by atoms with Gasteiger partial charge in [0.15, 0.2) is 0 Å². The summed E-state index contributed by atoms with van der Waals surface area (Å²) in [5, 5.41) is 2.84. The van der Waals surface area contributed by atoms with Gasteiger partial charge >= 0.3 is 0 Å². The van der Waals surface area contributed by atoms with Crippen molar-refractivity contribution in [1.82, 2.24) is 5.32 Å². The Morgan fingerprint density at radius 3 is 1.23 bits per heavy atom. The Morgan fingerprint density at radius 2 is 0.949 bits per heavy atom. The van der Waals surface area contributed by atoms with E-state index in [1.165, 1.54) is 0 Å². The fourth-order valence-corrected chi connectivity index (χ4v) is 5.14. The molecule has 3 aromatic rings. The van der Waals surface area contributed by atoms with E-state index in [4.69, 9.17) is 5.73 Å². The van der Waals surface area contributed by atoms with Gasteiger partial charge in [-0.15, -0.1) is 0 Å². The summed E-state index contributed by atoms with van der Waals surface area (Å²) >= 11 is 0. The van der Waals surface area contributed by atoms with Crippen molar-refractivity contribution >= 4 is 23.3 Å². The molecule has 0 aliphatic carbocycles. The maximum absolute atomic E-state index is 13.4. The lowest BCUT2D eigenvalue weighted by atomic mass is 9.79. The summed E-state index contributed by atoms with van der Waals surface area (Å²) in [5.41, 5.74) is 9.89. The van der Waals surface area contributed by atoms with Crippen LogP contribution in [0.3, 0.4) is 0 Å². The summed E-state index contributed by atoms with van der Waals surface area (Å²) in [6.07, 6.45) is -0.0242. The normalized spacial score (nSPS) is 11.2. The molecule has 0 radical (unpaired) electrons. The Bertz CT molecular complexity index is 1200. The zero-order valence-corrected chi connectivity index (χ0v) is 23.1.